The Hall–Kier alpha value is -1.49. The molecule has 1 unspecified atom stereocenters. The molecule has 0 heterocycles. The maximum atomic E-state index is 13.7. The highest BCUT2D eigenvalue weighted by atomic mass is 79.9. The van der Waals surface area contributed by atoms with Crippen LogP contribution in [-0.4, -0.2) is 7.11 Å². The number of benzene rings is 2. The molecule has 0 radical (unpaired) electrons. The van der Waals surface area contributed by atoms with Gasteiger partial charge in [0.25, 0.3) is 0 Å². The lowest BCUT2D eigenvalue weighted by atomic mass is 10.0. The summed E-state index contributed by atoms with van der Waals surface area (Å²) in [6.07, 6.45) is 1.24. The first-order valence-electron chi connectivity index (χ1n) is 6.42. The Morgan fingerprint density at radius 2 is 1.62 bits per heavy atom. The van der Waals surface area contributed by atoms with E-state index in [9.17, 15) is 13.2 Å². The van der Waals surface area contributed by atoms with Crippen molar-refractivity contribution in [1.29, 1.82) is 0 Å². The van der Waals surface area contributed by atoms with E-state index in [1.54, 1.807) is 7.11 Å². The van der Waals surface area contributed by atoms with Gasteiger partial charge in [-0.3, -0.25) is 0 Å². The van der Waals surface area contributed by atoms with Gasteiger partial charge in [-0.05, 0) is 36.6 Å². The molecule has 0 aliphatic heterocycles. The normalized spacial score (nSPS) is 12.2. The van der Waals surface area contributed by atoms with Crippen LogP contribution < -0.4 is 4.74 Å². The monoisotopic (exact) mass is 358 g/mol. The van der Waals surface area contributed by atoms with Crippen LogP contribution >= 0.6 is 15.9 Å². The number of hydrogen-bond acceptors (Lipinski definition) is 1. The highest BCUT2D eigenvalue weighted by molar-refractivity contribution is 9.09. The first-order valence-corrected chi connectivity index (χ1v) is 7.34. The van der Waals surface area contributed by atoms with Crippen molar-refractivity contribution in [2.75, 3.05) is 7.11 Å². The Balaban J connectivity index is 2.04. The number of alkyl halides is 1. The van der Waals surface area contributed by atoms with Gasteiger partial charge in [0.15, 0.2) is 11.6 Å². The SMILES string of the molecule is COc1ccc(CCC(Br)c2cc(F)c(F)cc2F)cc1. The van der Waals surface area contributed by atoms with Crippen molar-refractivity contribution in [3.05, 3.63) is 65.0 Å². The van der Waals surface area contributed by atoms with Crippen LogP contribution in [0, 0.1) is 17.5 Å². The summed E-state index contributed by atoms with van der Waals surface area (Å²) in [7, 11) is 1.59. The number of ether oxygens (including phenoxy) is 1. The molecule has 112 valence electrons. The zero-order valence-corrected chi connectivity index (χ0v) is 13.0. The number of methoxy groups -OCH3 is 1. The second-order valence-corrected chi connectivity index (χ2v) is 5.75. The summed E-state index contributed by atoms with van der Waals surface area (Å²) < 4.78 is 44.8. The second-order valence-electron chi connectivity index (χ2n) is 4.64. The standard InChI is InChI=1S/C16H14BrF3O/c1-21-11-5-2-10(3-6-11)4-7-13(17)12-8-15(19)16(20)9-14(12)18/h2-3,5-6,8-9,13H,4,7H2,1H3. The highest BCUT2D eigenvalue weighted by Crippen LogP contribution is 2.31. The van der Waals surface area contributed by atoms with E-state index in [4.69, 9.17) is 4.74 Å². The minimum absolute atomic E-state index is 0.127. The van der Waals surface area contributed by atoms with E-state index in [-0.39, 0.29) is 10.4 Å². The molecule has 0 amide bonds. The summed E-state index contributed by atoms with van der Waals surface area (Å²) in [4.78, 5) is -0.380. The van der Waals surface area contributed by atoms with Gasteiger partial charge in [0.2, 0.25) is 0 Å². The van der Waals surface area contributed by atoms with Crippen molar-refractivity contribution in [3.63, 3.8) is 0 Å². The zero-order chi connectivity index (χ0) is 15.4. The Morgan fingerprint density at radius 1 is 1.00 bits per heavy atom. The molecule has 0 fully saturated rings. The van der Waals surface area contributed by atoms with E-state index in [1.807, 2.05) is 24.3 Å². The lowest BCUT2D eigenvalue weighted by Gasteiger charge is -2.12. The molecule has 2 aromatic rings. The highest BCUT2D eigenvalue weighted by Gasteiger charge is 2.16. The maximum absolute atomic E-state index is 13.7. The minimum Gasteiger partial charge on any atom is -0.497 e. The molecule has 0 aromatic heterocycles. The van der Waals surface area contributed by atoms with Crippen LogP contribution in [0.25, 0.3) is 0 Å². The third-order valence-corrected chi connectivity index (χ3v) is 4.17. The van der Waals surface area contributed by atoms with Crippen LogP contribution in [0.3, 0.4) is 0 Å². The molecular formula is C16H14BrF3O. The van der Waals surface area contributed by atoms with E-state index in [1.165, 1.54) is 0 Å². The van der Waals surface area contributed by atoms with Crippen LogP contribution in [0.4, 0.5) is 13.2 Å². The third-order valence-electron chi connectivity index (χ3n) is 3.22. The van der Waals surface area contributed by atoms with Crippen LogP contribution in [0.15, 0.2) is 36.4 Å². The van der Waals surface area contributed by atoms with Gasteiger partial charge in [0.05, 0.1) is 7.11 Å². The molecule has 2 aromatic carbocycles. The lowest BCUT2D eigenvalue weighted by Crippen LogP contribution is -2.00. The molecule has 0 spiro atoms. The Kier molecular flexibility index (Phi) is 5.28. The van der Waals surface area contributed by atoms with Crippen molar-refractivity contribution in [3.8, 4) is 5.75 Å². The molecule has 5 heteroatoms. The predicted octanol–water partition coefficient (Wildman–Crippen LogP) is 5.18. The molecule has 0 saturated heterocycles. The van der Waals surface area contributed by atoms with Crippen molar-refractivity contribution in [1.82, 2.24) is 0 Å². The first kappa shape index (κ1) is 15.9. The molecule has 21 heavy (non-hydrogen) atoms. The zero-order valence-electron chi connectivity index (χ0n) is 11.4. The quantitative estimate of drug-likeness (QED) is 0.528. The summed E-state index contributed by atoms with van der Waals surface area (Å²) in [5.41, 5.74) is 1.19. The summed E-state index contributed by atoms with van der Waals surface area (Å²) in [5, 5.41) is 0. The van der Waals surface area contributed by atoms with Crippen molar-refractivity contribution in [2.24, 2.45) is 0 Å². The van der Waals surface area contributed by atoms with Gasteiger partial charge < -0.3 is 4.74 Å². The Labute approximate surface area is 129 Å². The molecule has 0 N–H and O–H groups in total. The van der Waals surface area contributed by atoms with E-state index in [0.29, 0.717) is 18.9 Å². The van der Waals surface area contributed by atoms with Crippen LogP contribution in [0.2, 0.25) is 0 Å². The minimum atomic E-state index is -1.17. The molecular weight excluding hydrogens is 345 g/mol. The van der Waals surface area contributed by atoms with Gasteiger partial charge >= 0.3 is 0 Å². The lowest BCUT2D eigenvalue weighted by molar-refractivity contribution is 0.414. The molecule has 1 nitrogen and oxygen atoms in total. The number of rotatable bonds is 5. The van der Waals surface area contributed by atoms with Gasteiger partial charge in [0.1, 0.15) is 11.6 Å². The topological polar surface area (TPSA) is 9.23 Å². The predicted molar refractivity (Wildman–Crippen MR) is 79.3 cm³/mol. The Morgan fingerprint density at radius 3 is 2.24 bits per heavy atom. The largest absolute Gasteiger partial charge is 0.497 e. The van der Waals surface area contributed by atoms with Crippen LogP contribution in [0.5, 0.6) is 5.75 Å². The van der Waals surface area contributed by atoms with E-state index in [2.05, 4.69) is 15.9 Å². The van der Waals surface area contributed by atoms with Crippen molar-refractivity contribution >= 4 is 15.9 Å². The molecule has 0 bridgehead atoms. The van der Waals surface area contributed by atoms with Gasteiger partial charge in [-0.25, -0.2) is 13.2 Å². The summed E-state index contributed by atoms with van der Waals surface area (Å²) in [5.74, 6) is -2.20. The van der Waals surface area contributed by atoms with Gasteiger partial charge in [-0.2, -0.15) is 0 Å². The fourth-order valence-electron chi connectivity index (χ4n) is 2.02. The van der Waals surface area contributed by atoms with Gasteiger partial charge in [-0.15, -0.1) is 0 Å². The number of halogens is 4. The smallest absolute Gasteiger partial charge is 0.161 e. The van der Waals surface area contributed by atoms with Crippen LogP contribution in [0.1, 0.15) is 22.4 Å². The van der Waals surface area contributed by atoms with E-state index in [0.717, 1.165) is 17.4 Å². The van der Waals surface area contributed by atoms with E-state index >= 15 is 0 Å². The molecule has 1 atom stereocenters. The van der Waals surface area contributed by atoms with Gasteiger partial charge in [-0.1, -0.05) is 28.1 Å². The fourth-order valence-corrected chi connectivity index (χ4v) is 2.60. The number of aryl methyl sites for hydroxylation is 1. The second kappa shape index (κ2) is 6.98. The molecule has 0 aliphatic rings. The third kappa shape index (κ3) is 4.00. The van der Waals surface area contributed by atoms with E-state index < -0.39 is 17.5 Å². The average Bonchev–Trinajstić information content (AvgIpc) is 2.49. The molecule has 0 saturated carbocycles. The summed E-state index contributed by atoms with van der Waals surface area (Å²) >= 11 is 3.33. The Bertz CT molecular complexity index is 614. The molecule has 0 aliphatic carbocycles. The average molecular weight is 359 g/mol. The van der Waals surface area contributed by atoms with Crippen LogP contribution in [-0.2, 0) is 6.42 Å². The fraction of sp³-hybridized carbons (Fsp3) is 0.250. The number of hydrogen-bond donors (Lipinski definition) is 0. The van der Waals surface area contributed by atoms with Crippen molar-refractivity contribution in [2.45, 2.75) is 17.7 Å². The van der Waals surface area contributed by atoms with Gasteiger partial charge in [0, 0.05) is 16.5 Å². The summed E-state index contributed by atoms with van der Waals surface area (Å²) in [6, 6.07) is 9.00. The van der Waals surface area contributed by atoms with Crippen molar-refractivity contribution < 1.29 is 17.9 Å². The maximum Gasteiger partial charge on any atom is 0.161 e. The summed E-state index contributed by atoms with van der Waals surface area (Å²) in [6.45, 7) is 0. The molecule has 2 rings (SSSR count). The first-order chi connectivity index (χ1) is 10.0.